The van der Waals surface area contributed by atoms with Gasteiger partial charge in [0.05, 0.1) is 32.2 Å². The fraction of sp³-hybridized carbons (Fsp3) is 0.364. The highest BCUT2D eigenvalue weighted by Crippen LogP contribution is 2.30. The van der Waals surface area contributed by atoms with Crippen molar-refractivity contribution in [1.82, 2.24) is 0 Å². The molecule has 1 N–H and O–H groups in total. The van der Waals surface area contributed by atoms with Crippen molar-refractivity contribution in [1.29, 1.82) is 0 Å². The van der Waals surface area contributed by atoms with E-state index in [1.54, 1.807) is 0 Å². The van der Waals surface area contributed by atoms with Gasteiger partial charge in [-0.1, -0.05) is 11.6 Å². The molecule has 1 saturated heterocycles. The Morgan fingerprint density at radius 2 is 2.00 bits per heavy atom. The molecule has 0 amide bonds. The molecular weight excluding hydrogens is 328 g/mol. The number of carboxylic acids is 1. The van der Waals surface area contributed by atoms with Crippen LogP contribution in [0.3, 0.4) is 0 Å². The van der Waals surface area contributed by atoms with E-state index in [1.807, 2.05) is 0 Å². The number of carbonyl (C=O) groups is 1. The molecule has 1 aromatic rings. The van der Waals surface area contributed by atoms with Gasteiger partial charge in [0.25, 0.3) is 0 Å². The number of hydrogen-bond donors (Lipinski definition) is 1. The molecule has 1 aliphatic heterocycles. The molecule has 0 aromatic heterocycles. The summed E-state index contributed by atoms with van der Waals surface area (Å²) in [7, 11) is -7.34. The van der Waals surface area contributed by atoms with Crippen molar-refractivity contribution in [3.63, 3.8) is 0 Å². The average molecular weight is 339 g/mol. The minimum atomic E-state index is -3.97. The van der Waals surface area contributed by atoms with Gasteiger partial charge in [0, 0.05) is 0 Å². The first kappa shape index (κ1) is 15.3. The molecule has 0 radical (unpaired) electrons. The van der Waals surface area contributed by atoms with Gasteiger partial charge >= 0.3 is 5.97 Å². The summed E-state index contributed by atoms with van der Waals surface area (Å²) >= 11 is 5.81. The second-order valence-electron chi connectivity index (χ2n) is 4.52. The number of carboxylic acid groups (broad SMARTS) is 1. The standard InChI is InChI=1S/C11H11ClO6S2/c12-9-2-1-7(11(13)14)5-10(9)20(17,18)8-3-4-19(15,16)6-8/h1-2,5,8H,3-4,6H2,(H,13,14). The quantitative estimate of drug-likeness (QED) is 0.881. The lowest BCUT2D eigenvalue weighted by molar-refractivity contribution is 0.0696. The van der Waals surface area contributed by atoms with Crippen LogP contribution in [0, 0.1) is 0 Å². The number of sulfone groups is 2. The van der Waals surface area contributed by atoms with E-state index in [9.17, 15) is 21.6 Å². The molecule has 9 heteroatoms. The fourth-order valence-corrected chi connectivity index (χ4v) is 6.93. The van der Waals surface area contributed by atoms with Crippen molar-refractivity contribution in [2.75, 3.05) is 11.5 Å². The monoisotopic (exact) mass is 338 g/mol. The number of rotatable bonds is 3. The van der Waals surface area contributed by atoms with Crippen LogP contribution in [0.15, 0.2) is 23.1 Å². The Labute approximate surface area is 121 Å². The normalized spacial score (nSPS) is 21.8. The van der Waals surface area contributed by atoms with Gasteiger partial charge < -0.3 is 5.11 Å². The van der Waals surface area contributed by atoms with Crippen molar-refractivity contribution < 1.29 is 26.7 Å². The average Bonchev–Trinajstić information content (AvgIpc) is 2.70. The minimum absolute atomic E-state index is 0.00169. The van der Waals surface area contributed by atoms with Gasteiger partial charge in [0.2, 0.25) is 0 Å². The minimum Gasteiger partial charge on any atom is -0.478 e. The van der Waals surface area contributed by atoms with Crippen molar-refractivity contribution in [2.45, 2.75) is 16.6 Å². The zero-order valence-electron chi connectivity index (χ0n) is 10.1. The van der Waals surface area contributed by atoms with E-state index >= 15 is 0 Å². The predicted octanol–water partition coefficient (Wildman–Crippen LogP) is 0.999. The van der Waals surface area contributed by atoms with Crippen LogP contribution in [0.25, 0.3) is 0 Å². The van der Waals surface area contributed by atoms with Crippen LogP contribution in [0.4, 0.5) is 0 Å². The third-order valence-electron chi connectivity index (χ3n) is 3.11. The van der Waals surface area contributed by atoms with E-state index < -0.39 is 36.6 Å². The molecule has 110 valence electrons. The number of halogens is 1. The summed E-state index contributed by atoms with van der Waals surface area (Å²) in [5.41, 5.74) is -0.214. The van der Waals surface area contributed by atoms with Crippen LogP contribution in [0.5, 0.6) is 0 Å². The summed E-state index contributed by atoms with van der Waals surface area (Å²) in [6.07, 6.45) is -0.00169. The van der Waals surface area contributed by atoms with Crippen LogP contribution in [-0.4, -0.2) is 44.7 Å². The lowest BCUT2D eigenvalue weighted by Gasteiger charge is -2.12. The van der Waals surface area contributed by atoms with Gasteiger partial charge in [0.15, 0.2) is 19.7 Å². The molecule has 0 bridgehead atoms. The molecule has 1 fully saturated rings. The first-order valence-corrected chi connectivity index (χ1v) is 9.35. The Hall–Kier alpha value is -1.12. The highest BCUT2D eigenvalue weighted by atomic mass is 35.5. The van der Waals surface area contributed by atoms with E-state index in [0.717, 1.165) is 6.07 Å². The molecule has 6 nitrogen and oxygen atoms in total. The van der Waals surface area contributed by atoms with Crippen molar-refractivity contribution in [2.24, 2.45) is 0 Å². The van der Waals surface area contributed by atoms with Crippen molar-refractivity contribution in [3.8, 4) is 0 Å². The van der Waals surface area contributed by atoms with Crippen LogP contribution in [-0.2, 0) is 19.7 Å². The lowest BCUT2D eigenvalue weighted by atomic mass is 10.2. The SMILES string of the molecule is O=C(O)c1ccc(Cl)c(S(=O)(=O)C2CCS(=O)(=O)C2)c1. The van der Waals surface area contributed by atoms with Gasteiger partial charge in [-0.2, -0.15) is 0 Å². The zero-order chi connectivity index (χ0) is 15.1. The van der Waals surface area contributed by atoms with Crippen LogP contribution < -0.4 is 0 Å². The summed E-state index contributed by atoms with van der Waals surface area (Å²) in [5.74, 6) is -1.92. The Morgan fingerprint density at radius 3 is 2.50 bits per heavy atom. The van der Waals surface area contributed by atoms with E-state index in [-0.39, 0.29) is 27.7 Å². The molecule has 0 spiro atoms. The number of hydrogen-bond acceptors (Lipinski definition) is 5. The molecule has 1 aromatic carbocycles. The van der Waals surface area contributed by atoms with Crippen LogP contribution >= 0.6 is 11.6 Å². The second-order valence-corrected chi connectivity index (χ2v) is 9.35. The fourth-order valence-electron chi connectivity index (χ4n) is 2.04. The molecule has 0 aliphatic carbocycles. The molecule has 1 atom stereocenters. The first-order valence-electron chi connectivity index (χ1n) is 5.61. The molecule has 1 unspecified atom stereocenters. The molecule has 2 rings (SSSR count). The van der Waals surface area contributed by atoms with Gasteiger partial charge in [0.1, 0.15) is 0 Å². The van der Waals surface area contributed by atoms with Gasteiger partial charge in [-0.15, -0.1) is 0 Å². The molecule has 0 saturated carbocycles. The molecule has 1 aliphatic rings. The molecular formula is C11H11ClO6S2. The predicted molar refractivity (Wildman–Crippen MR) is 72.7 cm³/mol. The Morgan fingerprint density at radius 1 is 1.35 bits per heavy atom. The maximum atomic E-state index is 12.4. The van der Waals surface area contributed by atoms with E-state index in [4.69, 9.17) is 16.7 Å². The maximum Gasteiger partial charge on any atom is 0.335 e. The van der Waals surface area contributed by atoms with E-state index in [2.05, 4.69) is 0 Å². The Bertz CT molecular complexity index is 766. The number of aromatic carboxylic acids is 1. The Kier molecular flexibility index (Phi) is 3.83. The summed E-state index contributed by atoms with van der Waals surface area (Å²) in [6.45, 7) is 0. The van der Waals surface area contributed by atoms with E-state index in [1.165, 1.54) is 12.1 Å². The first-order chi connectivity index (χ1) is 9.13. The van der Waals surface area contributed by atoms with Gasteiger partial charge in [-0.05, 0) is 24.6 Å². The Balaban J connectivity index is 2.50. The maximum absolute atomic E-state index is 12.4. The summed E-state index contributed by atoms with van der Waals surface area (Å²) in [4.78, 5) is 10.5. The molecule has 20 heavy (non-hydrogen) atoms. The topological polar surface area (TPSA) is 106 Å². The van der Waals surface area contributed by atoms with Crippen molar-refractivity contribution in [3.05, 3.63) is 28.8 Å². The summed E-state index contributed by atoms with van der Waals surface area (Å²) < 4.78 is 47.5. The smallest absolute Gasteiger partial charge is 0.335 e. The summed E-state index contributed by atoms with van der Waals surface area (Å²) in [6, 6.07) is 3.33. The largest absolute Gasteiger partial charge is 0.478 e. The highest BCUT2D eigenvalue weighted by molar-refractivity contribution is 7.96. The zero-order valence-corrected chi connectivity index (χ0v) is 12.5. The van der Waals surface area contributed by atoms with E-state index in [0.29, 0.717) is 0 Å². The lowest BCUT2D eigenvalue weighted by Crippen LogP contribution is -2.23. The second kappa shape index (κ2) is 5.01. The highest BCUT2D eigenvalue weighted by Gasteiger charge is 2.39. The van der Waals surface area contributed by atoms with Gasteiger partial charge in [-0.25, -0.2) is 21.6 Å². The molecule has 1 heterocycles. The number of benzene rings is 1. The van der Waals surface area contributed by atoms with Crippen molar-refractivity contribution >= 4 is 37.2 Å². The third kappa shape index (κ3) is 2.82. The van der Waals surface area contributed by atoms with Crippen LogP contribution in [0.1, 0.15) is 16.8 Å². The third-order valence-corrected chi connectivity index (χ3v) is 7.77. The summed E-state index contributed by atoms with van der Waals surface area (Å²) in [5, 5.41) is 7.69. The van der Waals surface area contributed by atoms with Gasteiger partial charge in [-0.3, -0.25) is 0 Å². The van der Waals surface area contributed by atoms with Crippen LogP contribution in [0.2, 0.25) is 5.02 Å².